The summed E-state index contributed by atoms with van der Waals surface area (Å²) < 4.78 is 3.97. The number of hydrogen-bond acceptors (Lipinski definition) is 1. The molecule has 0 N–H and O–H groups in total. The highest BCUT2D eigenvalue weighted by molar-refractivity contribution is 14.1. The van der Waals surface area contributed by atoms with Gasteiger partial charge in [0.1, 0.15) is 0 Å². The number of halogens is 2. The van der Waals surface area contributed by atoms with Crippen molar-refractivity contribution in [2.75, 3.05) is 0 Å². The van der Waals surface area contributed by atoms with Crippen LogP contribution in [0.15, 0.2) is 30.3 Å². The molecule has 2 aromatic carbocycles. The van der Waals surface area contributed by atoms with E-state index < -0.39 is 0 Å². The summed E-state index contributed by atoms with van der Waals surface area (Å²) in [4.78, 5) is 0. The summed E-state index contributed by atoms with van der Waals surface area (Å²) in [5.74, 6) is 0. The van der Waals surface area contributed by atoms with Crippen LogP contribution in [-0.4, -0.2) is 0 Å². The fourth-order valence-corrected chi connectivity index (χ4v) is 4.04. The van der Waals surface area contributed by atoms with E-state index in [0.29, 0.717) is 0 Å². The Morgan fingerprint density at radius 3 is 2.69 bits per heavy atom. The van der Waals surface area contributed by atoms with E-state index in [0.717, 1.165) is 5.02 Å². The van der Waals surface area contributed by atoms with E-state index in [-0.39, 0.29) is 0 Å². The monoisotopic (exact) mass is 358 g/mol. The minimum absolute atomic E-state index is 0.811. The number of aryl methyl sites for hydroxylation is 1. The molecule has 0 unspecified atom stereocenters. The summed E-state index contributed by atoms with van der Waals surface area (Å²) in [6.45, 7) is 2.18. The summed E-state index contributed by atoms with van der Waals surface area (Å²) >= 11 is 10.2. The van der Waals surface area contributed by atoms with Crippen molar-refractivity contribution in [3.63, 3.8) is 0 Å². The third kappa shape index (κ3) is 1.55. The molecule has 0 saturated heterocycles. The van der Waals surface area contributed by atoms with Crippen molar-refractivity contribution in [2.45, 2.75) is 6.92 Å². The maximum absolute atomic E-state index is 6.02. The molecule has 0 aliphatic carbocycles. The lowest BCUT2D eigenvalue weighted by Gasteiger charge is -1.98. The molecule has 0 radical (unpaired) electrons. The van der Waals surface area contributed by atoms with Crippen LogP contribution in [0.25, 0.3) is 20.2 Å². The van der Waals surface area contributed by atoms with Crippen LogP contribution in [0.4, 0.5) is 0 Å². The molecular formula is C13H8ClIS. The Hall–Kier alpha value is -0.320. The number of hydrogen-bond donors (Lipinski definition) is 0. The molecule has 0 aliphatic heterocycles. The quantitative estimate of drug-likeness (QED) is 0.457. The Morgan fingerprint density at radius 1 is 1.12 bits per heavy atom. The van der Waals surface area contributed by atoms with Gasteiger partial charge in [-0.05, 0) is 53.3 Å². The zero-order chi connectivity index (χ0) is 11.3. The molecule has 0 aliphatic rings. The fourth-order valence-electron chi connectivity index (χ4n) is 1.92. The average Bonchev–Trinajstić information content (AvgIpc) is 2.62. The molecule has 0 bridgehead atoms. The van der Waals surface area contributed by atoms with Gasteiger partial charge in [0.05, 0.1) is 0 Å². The smallest absolute Gasteiger partial charge is 0.0420 e. The van der Waals surface area contributed by atoms with E-state index >= 15 is 0 Å². The highest BCUT2D eigenvalue weighted by atomic mass is 127. The van der Waals surface area contributed by atoms with Crippen molar-refractivity contribution in [3.05, 3.63) is 44.5 Å². The van der Waals surface area contributed by atoms with Gasteiger partial charge >= 0.3 is 0 Å². The first-order chi connectivity index (χ1) is 7.66. The van der Waals surface area contributed by atoms with Crippen LogP contribution >= 0.6 is 45.5 Å². The number of benzene rings is 2. The van der Waals surface area contributed by atoms with Gasteiger partial charge in [-0.15, -0.1) is 11.3 Å². The second kappa shape index (κ2) is 3.86. The van der Waals surface area contributed by atoms with Gasteiger partial charge in [-0.2, -0.15) is 0 Å². The van der Waals surface area contributed by atoms with E-state index in [9.17, 15) is 0 Å². The second-order valence-corrected chi connectivity index (χ2v) is 6.44. The maximum Gasteiger partial charge on any atom is 0.0420 e. The Kier molecular flexibility index (Phi) is 2.61. The number of thiophene rings is 1. The second-order valence-electron chi connectivity index (χ2n) is 3.79. The predicted octanol–water partition coefficient (Wildman–Crippen LogP) is 5.62. The molecule has 0 amide bonds. The highest BCUT2D eigenvalue weighted by Gasteiger charge is 2.08. The Morgan fingerprint density at radius 2 is 1.88 bits per heavy atom. The number of fused-ring (bicyclic) bond motifs is 3. The van der Waals surface area contributed by atoms with Crippen LogP contribution in [0.1, 0.15) is 5.56 Å². The molecule has 3 heteroatoms. The van der Waals surface area contributed by atoms with Crippen LogP contribution < -0.4 is 0 Å². The van der Waals surface area contributed by atoms with Crippen LogP contribution in [0.2, 0.25) is 5.02 Å². The molecular weight excluding hydrogens is 351 g/mol. The Bertz CT molecular complexity index is 700. The molecule has 80 valence electrons. The summed E-state index contributed by atoms with van der Waals surface area (Å²) in [7, 11) is 0. The lowest BCUT2D eigenvalue weighted by Crippen LogP contribution is -1.78. The van der Waals surface area contributed by atoms with E-state index in [1.165, 1.54) is 29.3 Å². The maximum atomic E-state index is 6.02. The molecule has 3 aromatic rings. The molecule has 0 spiro atoms. The molecule has 1 heterocycles. The molecule has 3 rings (SSSR count). The lowest BCUT2D eigenvalue weighted by molar-refractivity contribution is 1.51. The molecule has 1 aromatic heterocycles. The Labute approximate surface area is 116 Å². The molecule has 0 fully saturated rings. The standard InChI is InChI=1S/C13H8ClIS/c1-7-11(15)5-4-10-9-3-2-8(14)6-12(9)16-13(7)10/h2-6H,1H3. The van der Waals surface area contributed by atoms with E-state index in [1.54, 1.807) is 0 Å². The van der Waals surface area contributed by atoms with Crippen molar-refractivity contribution >= 4 is 65.7 Å². The van der Waals surface area contributed by atoms with Crippen molar-refractivity contribution < 1.29 is 0 Å². The van der Waals surface area contributed by atoms with E-state index in [2.05, 4.69) is 47.7 Å². The van der Waals surface area contributed by atoms with Gasteiger partial charge in [0.25, 0.3) is 0 Å². The van der Waals surface area contributed by atoms with Crippen molar-refractivity contribution in [3.8, 4) is 0 Å². The zero-order valence-corrected chi connectivity index (χ0v) is 12.3. The average molecular weight is 359 g/mol. The largest absolute Gasteiger partial charge is 0.135 e. The summed E-state index contributed by atoms with van der Waals surface area (Å²) in [6, 6.07) is 10.5. The molecule has 0 atom stereocenters. The first-order valence-corrected chi connectivity index (χ1v) is 7.21. The topological polar surface area (TPSA) is 0 Å². The van der Waals surface area contributed by atoms with Gasteiger partial charge < -0.3 is 0 Å². The van der Waals surface area contributed by atoms with Gasteiger partial charge in [0.15, 0.2) is 0 Å². The van der Waals surface area contributed by atoms with Crippen LogP contribution in [0.5, 0.6) is 0 Å². The van der Waals surface area contributed by atoms with Crippen LogP contribution in [0, 0.1) is 10.5 Å². The number of rotatable bonds is 0. The van der Waals surface area contributed by atoms with Crippen molar-refractivity contribution in [2.24, 2.45) is 0 Å². The lowest BCUT2D eigenvalue weighted by atomic mass is 10.1. The van der Waals surface area contributed by atoms with Gasteiger partial charge in [-0.1, -0.05) is 23.7 Å². The minimum atomic E-state index is 0.811. The zero-order valence-electron chi connectivity index (χ0n) is 8.55. The van der Waals surface area contributed by atoms with E-state index in [1.807, 2.05) is 23.5 Å². The third-order valence-electron chi connectivity index (χ3n) is 2.79. The third-order valence-corrected chi connectivity index (χ3v) is 5.48. The fraction of sp³-hybridized carbons (Fsp3) is 0.0769. The minimum Gasteiger partial charge on any atom is -0.135 e. The summed E-state index contributed by atoms with van der Waals surface area (Å²) in [6.07, 6.45) is 0. The molecule has 0 saturated carbocycles. The normalized spacial score (nSPS) is 11.4. The Balaban J connectivity index is 2.55. The van der Waals surface area contributed by atoms with Crippen LogP contribution in [0.3, 0.4) is 0 Å². The van der Waals surface area contributed by atoms with Gasteiger partial charge in [0.2, 0.25) is 0 Å². The van der Waals surface area contributed by atoms with Crippen molar-refractivity contribution in [1.29, 1.82) is 0 Å². The summed E-state index contributed by atoms with van der Waals surface area (Å²) in [5, 5.41) is 3.46. The van der Waals surface area contributed by atoms with Gasteiger partial charge in [-0.25, -0.2) is 0 Å². The first-order valence-electron chi connectivity index (χ1n) is 4.93. The first kappa shape index (κ1) is 10.8. The van der Waals surface area contributed by atoms with Gasteiger partial charge in [-0.3, -0.25) is 0 Å². The molecule has 16 heavy (non-hydrogen) atoms. The van der Waals surface area contributed by atoms with Gasteiger partial charge in [0, 0.05) is 28.8 Å². The van der Waals surface area contributed by atoms with E-state index in [4.69, 9.17) is 11.6 Å². The summed E-state index contributed by atoms with van der Waals surface area (Å²) in [5.41, 5.74) is 1.37. The SMILES string of the molecule is Cc1c(I)ccc2c1sc1cc(Cl)ccc12. The molecule has 0 nitrogen and oxygen atoms in total. The predicted molar refractivity (Wildman–Crippen MR) is 81.8 cm³/mol. The highest BCUT2D eigenvalue weighted by Crippen LogP contribution is 2.38. The van der Waals surface area contributed by atoms with Crippen molar-refractivity contribution in [1.82, 2.24) is 0 Å². The van der Waals surface area contributed by atoms with Crippen LogP contribution in [-0.2, 0) is 0 Å².